The Bertz CT molecular complexity index is 513. The van der Waals surface area contributed by atoms with Crippen molar-refractivity contribution in [3.63, 3.8) is 0 Å². The third kappa shape index (κ3) is 4.02. The average Bonchev–Trinajstić information content (AvgIpc) is 2.78. The second-order valence-corrected chi connectivity index (χ2v) is 6.87. The van der Waals surface area contributed by atoms with E-state index in [4.69, 9.17) is 5.11 Å². The molecule has 0 saturated heterocycles. The Labute approximate surface area is 120 Å². The Morgan fingerprint density at radius 3 is 2.60 bits per heavy atom. The fourth-order valence-corrected chi connectivity index (χ4v) is 3.76. The third-order valence-electron chi connectivity index (χ3n) is 2.98. The maximum atomic E-state index is 12.6. The van der Waals surface area contributed by atoms with Crippen molar-refractivity contribution in [2.45, 2.75) is 31.3 Å². The first-order valence-corrected chi connectivity index (χ1v) is 8.06. The molecule has 1 aromatic heterocycles. The van der Waals surface area contributed by atoms with Crippen LogP contribution >= 0.6 is 0 Å². The van der Waals surface area contributed by atoms with E-state index in [-0.39, 0.29) is 24.1 Å². The molecule has 1 aromatic rings. The minimum Gasteiger partial charge on any atom is -0.394 e. The van der Waals surface area contributed by atoms with Gasteiger partial charge in [0.15, 0.2) is 0 Å². The van der Waals surface area contributed by atoms with E-state index < -0.39 is 10.0 Å². The SMILES string of the molecule is CCN(C(C)CN(C)C)S(=O)(=O)c1cnn(CCO)c1. The minimum atomic E-state index is -3.55. The molecule has 0 aliphatic carbocycles. The fraction of sp³-hybridized carbons (Fsp3) is 0.750. The van der Waals surface area contributed by atoms with Gasteiger partial charge >= 0.3 is 0 Å². The summed E-state index contributed by atoms with van der Waals surface area (Å²) in [6.07, 6.45) is 2.78. The molecule has 0 aliphatic rings. The zero-order chi connectivity index (χ0) is 15.3. The first-order valence-electron chi connectivity index (χ1n) is 6.62. The van der Waals surface area contributed by atoms with E-state index in [0.29, 0.717) is 13.1 Å². The number of aliphatic hydroxyl groups excluding tert-OH is 1. The van der Waals surface area contributed by atoms with Gasteiger partial charge in [-0.25, -0.2) is 8.42 Å². The van der Waals surface area contributed by atoms with Crippen molar-refractivity contribution in [3.05, 3.63) is 12.4 Å². The molecule has 1 heterocycles. The zero-order valence-corrected chi connectivity index (χ0v) is 13.3. The van der Waals surface area contributed by atoms with Gasteiger partial charge in [0.1, 0.15) is 4.90 Å². The van der Waals surface area contributed by atoms with Gasteiger partial charge in [0, 0.05) is 25.3 Å². The summed E-state index contributed by atoms with van der Waals surface area (Å²) in [6.45, 7) is 4.98. The van der Waals surface area contributed by atoms with Crippen molar-refractivity contribution >= 4 is 10.0 Å². The van der Waals surface area contributed by atoms with Crippen LogP contribution in [0.1, 0.15) is 13.8 Å². The van der Waals surface area contributed by atoms with Crippen molar-refractivity contribution in [3.8, 4) is 0 Å². The second kappa shape index (κ2) is 7.16. The van der Waals surface area contributed by atoms with Gasteiger partial charge in [0.25, 0.3) is 0 Å². The first-order chi connectivity index (χ1) is 9.32. The molecule has 0 bridgehead atoms. The quantitative estimate of drug-likeness (QED) is 0.722. The Kier molecular flexibility index (Phi) is 6.12. The number of nitrogens with zero attached hydrogens (tertiary/aromatic N) is 4. The molecule has 0 aromatic carbocycles. The number of hydrogen-bond donors (Lipinski definition) is 1. The van der Waals surface area contributed by atoms with Crippen LogP contribution in [0.25, 0.3) is 0 Å². The van der Waals surface area contributed by atoms with Crippen molar-refractivity contribution in [1.29, 1.82) is 0 Å². The van der Waals surface area contributed by atoms with Crippen LogP contribution in [0.2, 0.25) is 0 Å². The lowest BCUT2D eigenvalue weighted by molar-refractivity contribution is 0.268. The number of aromatic nitrogens is 2. The van der Waals surface area contributed by atoms with Crippen LogP contribution < -0.4 is 0 Å². The standard InChI is InChI=1S/C12H24N4O3S/c1-5-16(11(2)9-14(3)4)20(18,19)12-8-13-15(10-12)6-7-17/h8,10-11,17H,5-7,9H2,1-4H3. The predicted octanol–water partition coefficient (Wildman–Crippen LogP) is -0.164. The normalized spacial score (nSPS) is 14.2. The zero-order valence-electron chi connectivity index (χ0n) is 12.5. The molecule has 1 atom stereocenters. The highest BCUT2D eigenvalue weighted by molar-refractivity contribution is 7.89. The molecule has 0 amide bonds. The Balaban J connectivity index is 2.98. The summed E-state index contributed by atoms with van der Waals surface area (Å²) in [5, 5.41) is 12.8. The Morgan fingerprint density at radius 2 is 2.10 bits per heavy atom. The molecular formula is C12H24N4O3S. The monoisotopic (exact) mass is 304 g/mol. The largest absolute Gasteiger partial charge is 0.394 e. The summed E-state index contributed by atoms with van der Waals surface area (Å²) in [7, 11) is 0.274. The molecule has 8 heteroatoms. The third-order valence-corrected chi connectivity index (χ3v) is 5.02. The molecule has 0 saturated carbocycles. The van der Waals surface area contributed by atoms with E-state index in [1.54, 1.807) is 0 Å². The number of sulfonamides is 1. The summed E-state index contributed by atoms with van der Waals surface area (Å²) < 4.78 is 28.1. The summed E-state index contributed by atoms with van der Waals surface area (Å²) in [4.78, 5) is 2.12. The van der Waals surface area contributed by atoms with Crippen molar-refractivity contribution in [1.82, 2.24) is 19.0 Å². The van der Waals surface area contributed by atoms with Crippen LogP contribution in [0.3, 0.4) is 0 Å². The number of rotatable bonds is 8. The van der Waals surface area contributed by atoms with Crippen LogP contribution in [0.4, 0.5) is 0 Å². The average molecular weight is 304 g/mol. The summed E-state index contributed by atoms with van der Waals surface area (Å²) in [5.41, 5.74) is 0. The topological polar surface area (TPSA) is 78.7 Å². The number of aliphatic hydroxyl groups is 1. The van der Waals surface area contributed by atoms with Crippen LogP contribution in [0.5, 0.6) is 0 Å². The van der Waals surface area contributed by atoms with Gasteiger partial charge in [-0.2, -0.15) is 9.40 Å². The highest BCUT2D eigenvalue weighted by Gasteiger charge is 2.29. The molecule has 0 fully saturated rings. The fourth-order valence-electron chi connectivity index (χ4n) is 2.18. The van der Waals surface area contributed by atoms with E-state index in [0.717, 1.165) is 0 Å². The minimum absolute atomic E-state index is 0.0737. The van der Waals surface area contributed by atoms with Crippen LogP contribution in [0, 0.1) is 0 Å². The lowest BCUT2D eigenvalue weighted by Gasteiger charge is -2.28. The molecule has 0 spiro atoms. The maximum absolute atomic E-state index is 12.6. The molecule has 1 N–H and O–H groups in total. The first kappa shape index (κ1) is 17.1. The lowest BCUT2D eigenvalue weighted by atomic mass is 10.3. The highest BCUT2D eigenvalue weighted by atomic mass is 32.2. The van der Waals surface area contributed by atoms with Crippen LogP contribution in [-0.2, 0) is 16.6 Å². The van der Waals surface area contributed by atoms with Crippen molar-refractivity contribution in [2.75, 3.05) is 33.8 Å². The Hall–Kier alpha value is -0.960. The van der Waals surface area contributed by atoms with E-state index in [2.05, 4.69) is 5.10 Å². The van der Waals surface area contributed by atoms with Gasteiger partial charge in [-0.1, -0.05) is 6.92 Å². The number of hydrogen-bond acceptors (Lipinski definition) is 5. The summed E-state index contributed by atoms with van der Waals surface area (Å²) >= 11 is 0. The maximum Gasteiger partial charge on any atom is 0.246 e. The molecule has 0 aliphatic heterocycles. The lowest BCUT2D eigenvalue weighted by Crippen LogP contribution is -2.43. The number of likely N-dealkylation sites (N-methyl/N-ethyl adjacent to an activating group) is 2. The Morgan fingerprint density at radius 1 is 1.45 bits per heavy atom. The van der Waals surface area contributed by atoms with Gasteiger partial charge in [-0.3, -0.25) is 4.68 Å². The smallest absolute Gasteiger partial charge is 0.246 e. The molecule has 1 rings (SSSR count). The molecular weight excluding hydrogens is 280 g/mol. The van der Waals surface area contributed by atoms with E-state index in [1.165, 1.54) is 21.4 Å². The van der Waals surface area contributed by atoms with E-state index >= 15 is 0 Å². The second-order valence-electron chi connectivity index (χ2n) is 4.98. The molecule has 1 unspecified atom stereocenters. The molecule has 116 valence electrons. The molecule has 20 heavy (non-hydrogen) atoms. The van der Waals surface area contributed by atoms with Crippen LogP contribution in [0.15, 0.2) is 17.3 Å². The predicted molar refractivity (Wildman–Crippen MR) is 76.9 cm³/mol. The summed E-state index contributed by atoms with van der Waals surface area (Å²) in [5.74, 6) is 0. The molecule has 0 radical (unpaired) electrons. The van der Waals surface area contributed by atoms with Gasteiger partial charge in [-0.15, -0.1) is 0 Å². The van der Waals surface area contributed by atoms with Crippen molar-refractivity contribution < 1.29 is 13.5 Å². The van der Waals surface area contributed by atoms with E-state index in [1.807, 2.05) is 32.8 Å². The van der Waals surface area contributed by atoms with Crippen molar-refractivity contribution in [2.24, 2.45) is 0 Å². The van der Waals surface area contributed by atoms with Crippen LogP contribution in [-0.4, -0.2) is 72.3 Å². The molecule has 7 nitrogen and oxygen atoms in total. The summed E-state index contributed by atoms with van der Waals surface area (Å²) in [6, 6.07) is -0.124. The van der Waals surface area contributed by atoms with Gasteiger partial charge in [-0.05, 0) is 21.0 Å². The van der Waals surface area contributed by atoms with Gasteiger partial charge in [0.2, 0.25) is 10.0 Å². The van der Waals surface area contributed by atoms with Gasteiger partial charge in [0.05, 0.1) is 19.3 Å². The van der Waals surface area contributed by atoms with Gasteiger partial charge < -0.3 is 10.0 Å². The van der Waals surface area contributed by atoms with E-state index in [9.17, 15) is 8.42 Å². The highest BCUT2D eigenvalue weighted by Crippen LogP contribution is 2.17.